The monoisotopic (exact) mass is 391 g/mol. The average molecular weight is 391 g/mol. The molecule has 2 rings (SSSR count). The second-order valence-electron chi connectivity index (χ2n) is 6.52. The predicted octanol–water partition coefficient (Wildman–Crippen LogP) is 3.96. The molecule has 1 amide bonds. The Kier molecular flexibility index (Phi) is 7.49. The summed E-state index contributed by atoms with van der Waals surface area (Å²) in [4.78, 5) is 24.5. The smallest absolute Gasteiger partial charge is 0.219 e. The van der Waals surface area contributed by atoms with E-state index in [1.165, 1.54) is 32.1 Å². The van der Waals surface area contributed by atoms with Crippen LogP contribution >= 0.6 is 0 Å². The number of carbonyl (C=O) groups is 2. The summed E-state index contributed by atoms with van der Waals surface area (Å²) >= 11 is 0. The van der Waals surface area contributed by atoms with Gasteiger partial charge in [0.25, 0.3) is 0 Å². The molecule has 2 atom stereocenters. The Labute approximate surface area is 162 Å². The second-order valence-corrected chi connectivity index (χ2v) is 6.52. The van der Waals surface area contributed by atoms with Crippen LogP contribution in [0.3, 0.4) is 0 Å². The summed E-state index contributed by atoms with van der Waals surface area (Å²) in [5, 5.41) is 9.73. The number of rotatable bonds is 7. The van der Waals surface area contributed by atoms with Gasteiger partial charge in [-0.05, 0) is 37.3 Å². The number of ether oxygens (including phenoxy) is 1. The number of halogens is 2. The van der Waals surface area contributed by atoms with Crippen LogP contribution < -0.4 is 4.74 Å². The number of allylic oxidation sites excluding steroid dienone is 5. The first-order valence-corrected chi connectivity index (χ1v) is 8.88. The maximum Gasteiger partial charge on any atom is 0.219 e. The Balaban J connectivity index is 2.15. The van der Waals surface area contributed by atoms with Gasteiger partial charge in [-0.2, -0.15) is 0 Å². The molecule has 150 valence electrons. The predicted molar refractivity (Wildman–Crippen MR) is 101 cm³/mol. The van der Waals surface area contributed by atoms with Crippen molar-refractivity contribution >= 4 is 12.2 Å². The van der Waals surface area contributed by atoms with Gasteiger partial charge in [-0.1, -0.05) is 12.1 Å². The van der Waals surface area contributed by atoms with Crippen molar-refractivity contribution in [1.29, 1.82) is 0 Å². The molecule has 1 aliphatic heterocycles. The first kappa shape index (κ1) is 21.3. The lowest BCUT2D eigenvalue weighted by molar-refractivity contribution is -0.128. The number of phenols is 1. The number of aromatic hydroxyl groups is 1. The number of benzene rings is 1. The number of aldehydes is 1. The zero-order valence-electron chi connectivity index (χ0n) is 15.8. The van der Waals surface area contributed by atoms with Crippen molar-refractivity contribution in [2.75, 3.05) is 19.7 Å². The molecule has 1 aromatic rings. The Morgan fingerprint density at radius 3 is 2.64 bits per heavy atom. The van der Waals surface area contributed by atoms with Crippen molar-refractivity contribution in [1.82, 2.24) is 4.90 Å². The lowest BCUT2D eigenvalue weighted by Gasteiger charge is -2.17. The number of amides is 1. The van der Waals surface area contributed by atoms with E-state index in [1.54, 1.807) is 17.0 Å². The number of likely N-dealkylation sites (tertiary alicyclic amines) is 1. The van der Waals surface area contributed by atoms with E-state index in [0.29, 0.717) is 19.4 Å². The van der Waals surface area contributed by atoms with Gasteiger partial charge in [0.15, 0.2) is 6.29 Å². The molecule has 0 unspecified atom stereocenters. The minimum Gasteiger partial charge on any atom is -0.507 e. The Morgan fingerprint density at radius 2 is 2.00 bits per heavy atom. The highest BCUT2D eigenvalue weighted by atomic mass is 19.1. The Hall–Kier alpha value is -2.96. The third-order valence-corrected chi connectivity index (χ3v) is 4.60. The van der Waals surface area contributed by atoms with E-state index in [4.69, 9.17) is 4.74 Å². The van der Waals surface area contributed by atoms with Gasteiger partial charge in [-0.3, -0.25) is 9.59 Å². The quantitative estimate of drug-likeness (QED) is 0.564. The maximum absolute atomic E-state index is 14.1. The van der Waals surface area contributed by atoms with E-state index in [-0.39, 0.29) is 41.4 Å². The zero-order valence-corrected chi connectivity index (χ0v) is 15.8. The molecule has 0 radical (unpaired) electrons. The minimum atomic E-state index is -0.608. The third kappa shape index (κ3) is 5.52. The third-order valence-electron chi connectivity index (χ3n) is 4.60. The fourth-order valence-electron chi connectivity index (χ4n) is 3.01. The summed E-state index contributed by atoms with van der Waals surface area (Å²) in [5.41, 5.74) is 0.0342. The van der Waals surface area contributed by atoms with Gasteiger partial charge in [-0.25, -0.2) is 8.78 Å². The summed E-state index contributed by atoms with van der Waals surface area (Å²) in [7, 11) is 0. The summed E-state index contributed by atoms with van der Waals surface area (Å²) < 4.78 is 32.9. The molecule has 0 spiro atoms. The molecular formula is C21H23F2NO4. The van der Waals surface area contributed by atoms with E-state index >= 15 is 0 Å². The number of phenolic OH excluding ortho intramolecular Hbond substituents is 1. The molecule has 1 aliphatic rings. The van der Waals surface area contributed by atoms with Crippen molar-refractivity contribution in [2.24, 2.45) is 11.8 Å². The van der Waals surface area contributed by atoms with E-state index < -0.39 is 11.7 Å². The van der Waals surface area contributed by atoms with E-state index in [2.05, 4.69) is 0 Å². The van der Waals surface area contributed by atoms with Crippen LogP contribution in [-0.2, 0) is 4.79 Å². The molecule has 1 saturated heterocycles. The van der Waals surface area contributed by atoms with Gasteiger partial charge in [0.05, 0.1) is 12.2 Å². The molecular weight excluding hydrogens is 368 g/mol. The molecule has 0 saturated carbocycles. The topological polar surface area (TPSA) is 66.8 Å². The normalized spacial score (nSPS) is 20.6. The molecule has 7 heteroatoms. The lowest BCUT2D eigenvalue weighted by Crippen LogP contribution is -2.27. The van der Waals surface area contributed by atoms with Crippen LogP contribution in [0.15, 0.2) is 54.2 Å². The van der Waals surface area contributed by atoms with Crippen LogP contribution in [0.1, 0.15) is 24.2 Å². The van der Waals surface area contributed by atoms with Crippen molar-refractivity contribution in [3.63, 3.8) is 0 Å². The van der Waals surface area contributed by atoms with Crippen molar-refractivity contribution < 1.29 is 28.2 Å². The molecule has 1 heterocycles. The van der Waals surface area contributed by atoms with Crippen molar-refractivity contribution in [3.8, 4) is 11.5 Å². The molecule has 0 aliphatic carbocycles. The Morgan fingerprint density at radius 1 is 1.29 bits per heavy atom. The van der Waals surface area contributed by atoms with Crippen LogP contribution in [0.2, 0.25) is 0 Å². The number of hydrogen-bond donors (Lipinski definition) is 1. The summed E-state index contributed by atoms with van der Waals surface area (Å²) in [6.45, 7) is 3.74. The Bertz CT molecular complexity index is 817. The SMILES string of the molecule is C\C=C(F)/C=C\C(F)=C\[C@@H]1CN(C(C)=O)C[C@H]1COc1cccc(O)c1C=O. The van der Waals surface area contributed by atoms with Crippen LogP contribution in [-0.4, -0.2) is 41.9 Å². The highest BCUT2D eigenvalue weighted by Crippen LogP contribution is 2.30. The molecule has 28 heavy (non-hydrogen) atoms. The largest absolute Gasteiger partial charge is 0.507 e. The molecule has 0 bridgehead atoms. The standard InChI is InChI=1S/C21H23F2NO4/c1-3-17(22)7-8-18(23)9-15-10-24(14(2)26)11-16(15)13-28-21-6-4-5-20(27)19(21)12-25/h3-9,12,15-16,27H,10-11,13H2,1-2H3/b8-7-,17-3+,18-9-/t15-,16+/m1/s1. The van der Waals surface area contributed by atoms with Crippen molar-refractivity contribution in [2.45, 2.75) is 13.8 Å². The highest BCUT2D eigenvalue weighted by molar-refractivity contribution is 5.83. The average Bonchev–Trinajstić information content (AvgIpc) is 3.07. The summed E-state index contributed by atoms with van der Waals surface area (Å²) in [6.07, 6.45) is 5.12. The fraction of sp³-hybridized carbons (Fsp3) is 0.333. The molecule has 1 N–H and O–H groups in total. The van der Waals surface area contributed by atoms with E-state index in [0.717, 1.165) is 12.2 Å². The maximum atomic E-state index is 14.1. The van der Waals surface area contributed by atoms with Gasteiger partial charge in [0.1, 0.15) is 23.2 Å². The number of hydrogen-bond acceptors (Lipinski definition) is 4. The highest BCUT2D eigenvalue weighted by Gasteiger charge is 2.33. The number of nitrogens with zero attached hydrogens (tertiary/aromatic N) is 1. The zero-order chi connectivity index (χ0) is 20.7. The molecule has 1 fully saturated rings. The molecule has 0 aromatic heterocycles. The van der Waals surface area contributed by atoms with Gasteiger partial charge in [-0.15, -0.1) is 0 Å². The fourth-order valence-corrected chi connectivity index (χ4v) is 3.01. The van der Waals surface area contributed by atoms with Crippen LogP contribution in [0, 0.1) is 11.8 Å². The van der Waals surface area contributed by atoms with Crippen LogP contribution in [0.5, 0.6) is 11.5 Å². The molecule has 1 aromatic carbocycles. The van der Waals surface area contributed by atoms with E-state index in [1.807, 2.05) is 0 Å². The van der Waals surface area contributed by atoms with Crippen LogP contribution in [0.4, 0.5) is 8.78 Å². The van der Waals surface area contributed by atoms with Gasteiger partial charge in [0.2, 0.25) is 5.91 Å². The van der Waals surface area contributed by atoms with Crippen molar-refractivity contribution in [3.05, 3.63) is 59.7 Å². The van der Waals surface area contributed by atoms with Gasteiger partial charge < -0.3 is 14.7 Å². The van der Waals surface area contributed by atoms with E-state index in [9.17, 15) is 23.5 Å². The van der Waals surface area contributed by atoms with Crippen LogP contribution in [0.25, 0.3) is 0 Å². The summed E-state index contributed by atoms with van der Waals surface area (Å²) in [5.74, 6) is -1.83. The summed E-state index contributed by atoms with van der Waals surface area (Å²) in [6, 6.07) is 4.47. The van der Waals surface area contributed by atoms with Gasteiger partial charge >= 0.3 is 0 Å². The second kappa shape index (κ2) is 9.82. The first-order valence-electron chi connectivity index (χ1n) is 8.88. The number of carbonyl (C=O) groups excluding carboxylic acids is 2. The first-order chi connectivity index (χ1) is 13.3. The van der Waals surface area contributed by atoms with Gasteiger partial charge in [0, 0.05) is 31.8 Å². The lowest BCUT2D eigenvalue weighted by atomic mass is 9.96. The molecule has 5 nitrogen and oxygen atoms in total. The minimum absolute atomic E-state index is 0.0342.